The summed E-state index contributed by atoms with van der Waals surface area (Å²) in [6.07, 6.45) is 2.22. The van der Waals surface area contributed by atoms with Crippen molar-refractivity contribution in [3.63, 3.8) is 0 Å². The number of halogens is 2. The summed E-state index contributed by atoms with van der Waals surface area (Å²) in [6, 6.07) is 15.9. The predicted octanol–water partition coefficient (Wildman–Crippen LogP) is 4.65. The Bertz CT molecular complexity index is 1270. The van der Waals surface area contributed by atoms with Crippen LogP contribution in [0.15, 0.2) is 54.7 Å². The Labute approximate surface area is 230 Å². The van der Waals surface area contributed by atoms with Crippen molar-refractivity contribution in [2.75, 3.05) is 11.5 Å². The molecule has 0 bridgehead atoms. The minimum absolute atomic E-state index is 0.00279. The molecule has 0 radical (unpaired) electrons. The lowest BCUT2D eigenvalue weighted by Crippen LogP contribution is -2.45. The number of carbonyl (C=O) groups excluding carboxylic acids is 1. The van der Waals surface area contributed by atoms with Gasteiger partial charge in [0.05, 0.1) is 24.0 Å². The second-order valence-corrected chi connectivity index (χ2v) is 11.8. The van der Waals surface area contributed by atoms with Crippen molar-refractivity contribution in [2.45, 2.75) is 64.1 Å². The summed E-state index contributed by atoms with van der Waals surface area (Å²) in [6.45, 7) is 6.00. The Morgan fingerprint density at radius 3 is 2.62 bits per heavy atom. The summed E-state index contributed by atoms with van der Waals surface area (Å²) in [7, 11) is 0. The number of aromatic nitrogens is 3. The molecule has 4 atom stereocenters. The SMILES string of the molecule is C[C@@H]1[C@@H](C(C)(C)F)[C@H](CCn2cc(CCO)nn2)O[C@@]12C(=O)N(Cc1ccc(I)cc1)c1ccccc12. The fourth-order valence-electron chi connectivity index (χ4n) is 6.14. The zero-order chi connectivity index (χ0) is 26.4. The second-order valence-electron chi connectivity index (χ2n) is 10.5. The van der Waals surface area contributed by atoms with Crippen LogP contribution in [0.1, 0.15) is 44.0 Å². The van der Waals surface area contributed by atoms with Gasteiger partial charge in [-0.2, -0.15) is 0 Å². The van der Waals surface area contributed by atoms with E-state index in [9.17, 15) is 4.79 Å². The Balaban J connectivity index is 1.47. The van der Waals surface area contributed by atoms with E-state index in [0.717, 1.165) is 20.4 Å². The van der Waals surface area contributed by atoms with Crippen molar-refractivity contribution in [3.8, 4) is 0 Å². The molecule has 2 aliphatic rings. The number of amides is 1. The molecular formula is C28H32FIN4O3. The standard InChI is InChI=1S/C28H32FIN4O3/c1-18-25(27(2,3)29)24(12-14-33-17-21(13-15-35)31-32-33)37-28(18)22-6-4-5-7-23(22)34(26(28)36)16-19-8-10-20(30)11-9-19/h4-11,17-18,24-25,35H,12-16H2,1-3H3/t18-,24+,25-,28+/m1/s1. The number of alkyl halides is 1. The van der Waals surface area contributed by atoms with E-state index in [1.165, 1.54) is 0 Å². The van der Waals surface area contributed by atoms with Gasteiger partial charge in [0.15, 0.2) is 5.60 Å². The number of hydrogen-bond donors (Lipinski definition) is 1. The van der Waals surface area contributed by atoms with E-state index in [2.05, 4.69) is 32.9 Å². The number of carbonyl (C=O) groups is 1. The first-order valence-electron chi connectivity index (χ1n) is 12.7. The summed E-state index contributed by atoms with van der Waals surface area (Å²) in [5.74, 6) is -1.01. The Morgan fingerprint density at radius 2 is 1.92 bits per heavy atom. The van der Waals surface area contributed by atoms with E-state index in [1.807, 2.05) is 55.5 Å². The Morgan fingerprint density at radius 1 is 1.19 bits per heavy atom. The van der Waals surface area contributed by atoms with Crippen LogP contribution in [0.2, 0.25) is 0 Å². The van der Waals surface area contributed by atoms with Crippen molar-refractivity contribution < 1.29 is 19.0 Å². The molecule has 1 saturated heterocycles. The van der Waals surface area contributed by atoms with Crippen molar-refractivity contribution in [3.05, 3.63) is 75.1 Å². The van der Waals surface area contributed by atoms with E-state index in [-0.39, 0.29) is 18.4 Å². The second kappa shape index (κ2) is 10.1. The number of fused-ring (bicyclic) bond motifs is 2. The zero-order valence-electron chi connectivity index (χ0n) is 21.3. The highest BCUT2D eigenvalue weighted by Crippen LogP contribution is 2.58. The number of anilines is 1. The largest absolute Gasteiger partial charge is 0.396 e. The van der Waals surface area contributed by atoms with Gasteiger partial charge < -0.3 is 14.7 Å². The summed E-state index contributed by atoms with van der Waals surface area (Å²) >= 11 is 2.27. The van der Waals surface area contributed by atoms with Crippen molar-refractivity contribution in [1.29, 1.82) is 0 Å². The lowest BCUT2D eigenvalue weighted by molar-refractivity contribution is -0.146. The molecule has 7 nitrogen and oxygen atoms in total. The highest BCUT2D eigenvalue weighted by molar-refractivity contribution is 14.1. The molecule has 0 unspecified atom stereocenters. The van der Waals surface area contributed by atoms with Crippen LogP contribution in [-0.2, 0) is 34.6 Å². The van der Waals surface area contributed by atoms with E-state index in [1.54, 1.807) is 29.6 Å². The minimum atomic E-state index is -1.56. The molecule has 2 aliphatic heterocycles. The number of hydrogen-bond acceptors (Lipinski definition) is 5. The topological polar surface area (TPSA) is 80.5 Å². The quantitative estimate of drug-likeness (QED) is 0.372. The molecule has 9 heteroatoms. The van der Waals surface area contributed by atoms with Crippen LogP contribution in [0, 0.1) is 15.4 Å². The van der Waals surface area contributed by atoms with Crippen LogP contribution in [0.4, 0.5) is 10.1 Å². The summed E-state index contributed by atoms with van der Waals surface area (Å²) in [4.78, 5) is 16.1. The Kier molecular flexibility index (Phi) is 7.14. The van der Waals surface area contributed by atoms with Crippen LogP contribution in [-0.4, -0.2) is 44.4 Å². The first-order valence-corrected chi connectivity index (χ1v) is 13.8. The van der Waals surface area contributed by atoms with E-state index < -0.39 is 23.3 Å². The number of benzene rings is 2. The molecule has 1 amide bonds. The number of nitrogens with zero attached hydrogens (tertiary/aromatic N) is 4. The molecule has 37 heavy (non-hydrogen) atoms. The summed E-state index contributed by atoms with van der Waals surface area (Å²) < 4.78 is 25.3. The van der Waals surface area contributed by atoms with Crippen LogP contribution < -0.4 is 4.90 Å². The lowest BCUT2D eigenvalue weighted by Gasteiger charge is -2.32. The highest BCUT2D eigenvalue weighted by atomic mass is 127. The molecule has 0 saturated carbocycles. The number of aliphatic hydroxyl groups excluding tert-OH is 1. The average molecular weight is 618 g/mol. The van der Waals surface area contributed by atoms with E-state index in [0.29, 0.717) is 31.6 Å². The normalized spacial score (nSPS) is 25.3. The van der Waals surface area contributed by atoms with Gasteiger partial charge in [0.1, 0.15) is 5.67 Å². The molecule has 1 fully saturated rings. The number of ether oxygens (including phenoxy) is 1. The first-order chi connectivity index (χ1) is 17.6. The monoisotopic (exact) mass is 618 g/mol. The summed E-state index contributed by atoms with van der Waals surface area (Å²) in [5.41, 5.74) is 0.544. The zero-order valence-corrected chi connectivity index (χ0v) is 23.4. The molecule has 196 valence electrons. The van der Waals surface area contributed by atoms with Gasteiger partial charge in [0.25, 0.3) is 5.91 Å². The molecular weight excluding hydrogens is 586 g/mol. The van der Waals surface area contributed by atoms with Gasteiger partial charge in [-0.3, -0.25) is 9.48 Å². The van der Waals surface area contributed by atoms with Gasteiger partial charge in [-0.05, 0) is 66.6 Å². The fraction of sp³-hybridized carbons (Fsp3) is 0.464. The fourth-order valence-corrected chi connectivity index (χ4v) is 6.50. The van der Waals surface area contributed by atoms with Crippen molar-refractivity contribution >= 4 is 34.2 Å². The first kappa shape index (κ1) is 26.2. The van der Waals surface area contributed by atoms with Crippen molar-refractivity contribution in [2.24, 2.45) is 11.8 Å². The maximum Gasteiger partial charge on any atom is 0.264 e. The maximum atomic E-state index is 15.8. The Hall–Kier alpha value is -2.37. The third-order valence-electron chi connectivity index (χ3n) is 7.72. The molecule has 1 spiro atoms. The number of para-hydroxylation sites is 1. The van der Waals surface area contributed by atoms with Crippen LogP contribution in [0.5, 0.6) is 0 Å². The van der Waals surface area contributed by atoms with Gasteiger partial charge in [0, 0.05) is 46.7 Å². The number of aliphatic hydroxyl groups is 1. The molecule has 1 aromatic heterocycles. The highest BCUT2D eigenvalue weighted by Gasteiger charge is 2.65. The smallest absolute Gasteiger partial charge is 0.264 e. The van der Waals surface area contributed by atoms with Crippen LogP contribution in [0.25, 0.3) is 0 Å². The molecule has 5 rings (SSSR count). The van der Waals surface area contributed by atoms with Crippen LogP contribution in [0.3, 0.4) is 0 Å². The average Bonchev–Trinajstić information content (AvgIpc) is 3.50. The number of rotatable bonds is 8. The third-order valence-corrected chi connectivity index (χ3v) is 8.44. The predicted molar refractivity (Wildman–Crippen MR) is 147 cm³/mol. The van der Waals surface area contributed by atoms with E-state index >= 15 is 4.39 Å². The molecule has 2 aromatic carbocycles. The summed E-state index contributed by atoms with van der Waals surface area (Å²) in [5, 5.41) is 17.4. The van der Waals surface area contributed by atoms with Gasteiger partial charge in [-0.15, -0.1) is 5.10 Å². The maximum absolute atomic E-state index is 15.8. The molecule has 3 heterocycles. The minimum Gasteiger partial charge on any atom is -0.396 e. The third kappa shape index (κ3) is 4.70. The van der Waals surface area contributed by atoms with Gasteiger partial charge >= 0.3 is 0 Å². The van der Waals surface area contributed by atoms with Crippen molar-refractivity contribution in [1.82, 2.24) is 15.0 Å². The lowest BCUT2D eigenvalue weighted by atomic mass is 9.71. The number of aryl methyl sites for hydroxylation is 1. The molecule has 1 N–H and O–H groups in total. The van der Waals surface area contributed by atoms with Gasteiger partial charge in [-0.25, -0.2) is 4.39 Å². The van der Waals surface area contributed by atoms with Crippen LogP contribution >= 0.6 is 22.6 Å². The van der Waals surface area contributed by atoms with Gasteiger partial charge in [0.2, 0.25) is 0 Å². The van der Waals surface area contributed by atoms with E-state index in [4.69, 9.17) is 9.84 Å². The van der Waals surface area contributed by atoms with Gasteiger partial charge in [-0.1, -0.05) is 42.5 Å². The molecule has 3 aromatic rings. The molecule has 0 aliphatic carbocycles.